The third kappa shape index (κ3) is 3.37. The summed E-state index contributed by atoms with van der Waals surface area (Å²) in [6.45, 7) is 3.10. The van der Waals surface area contributed by atoms with Gasteiger partial charge in [0.25, 0.3) is 11.8 Å². The minimum absolute atomic E-state index is 0.0185. The monoisotopic (exact) mass is 384 g/mol. The second-order valence-electron chi connectivity index (χ2n) is 7.70. The van der Waals surface area contributed by atoms with Gasteiger partial charge in [0.2, 0.25) is 0 Å². The summed E-state index contributed by atoms with van der Waals surface area (Å²) in [6.07, 6.45) is 6.27. The van der Waals surface area contributed by atoms with Crippen molar-refractivity contribution in [1.82, 2.24) is 25.1 Å². The van der Waals surface area contributed by atoms with E-state index < -0.39 is 5.54 Å². The number of primary amides is 1. The average Bonchev–Trinajstić information content (AvgIpc) is 3.29. The minimum atomic E-state index is -0.527. The van der Waals surface area contributed by atoms with Gasteiger partial charge in [0.15, 0.2) is 5.54 Å². The van der Waals surface area contributed by atoms with Crippen LogP contribution in [0, 0.1) is 0 Å². The van der Waals surface area contributed by atoms with Crippen LogP contribution in [0.5, 0.6) is 0 Å². The number of amides is 2. The molecule has 0 atom stereocenters. The quantitative estimate of drug-likeness (QED) is 0.716. The van der Waals surface area contributed by atoms with Crippen LogP contribution >= 0.6 is 0 Å². The lowest BCUT2D eigenvalue weighted by atomic mass is 9.83. The number of nitrogens with one attached hydrogen (secondary N) is 1. The number of hydrogen-bond acceptors (Lipinski definition) is 5. The van der Waals surface area contributed by atoms with Gasteiger partial charge in [-0.05, 0) is 54.0 Å². The summed E-state index contributed by atoms with van der Waals surface area (Å²) in [6, 6.07) is 7.20. The molecule has 0 aliphatic carbocycles. The van der Waals surface area contributed by atoms with Gasteiger partial charge in [0.05, 0.1) is 18.8 Å². The van der Waals surface area contributed by atoms with Crippen molar-refractivity contribution < 1.29 is 14.5 Å². The fourth-order valence-corrected chi connectivity index (χ4v) is 4.54. The number of aromatic nitrogens is 4. The largest absolute Gasteiger partial charge is 0.364 e. The molecule has 0 radical (unpaired) electrons. The Balaban J connectivity index is 1.43. The highest BCUT2D eigenvalue weighted by molar-refractivity contribution is 5.94. The van der Waals surface area contributed by atoms with Crippen molar-refractivity contribution in [3.05, 3.63) is 36.2 Å². The summed E-state index contributed by atoms with van der Waals surface area (Å²) in [5.74, 6) is -0.239. The van der Waals surface area contributed by atoms with Crippen LogP contribution in [-0.2, 0) is 4.79 Å². The second kappa shape index (κ2) is 7.67. The zero-order chi connectivity index (χ0) is 19.6. The third-order valence-electron chi connectivity index (χ3n) is 6.24. The van der Waals surface area contributed by atoms with E-state index in [1.54, 1.807) is 12.1 Å². The Hall–Kier alpha value is -2.81. The number of nitrogens with zero attached hydrogens (tertiary/aromatic N) is 5. The molecule has 2 aliphatic heterocycles. The molecule has 3 N–H and O–H groups in total. The van der Waals surface area contributed by atoms with E-state index in [4.69, 9.17) is 5.73 Å². The first-order valence-corrected chi connectivity index (χ1v) is 9.88. The van der Waals surface area contributed by atoms with Crippen LogP contribution in [0.2, 0.25) is 0 Å². The molecule has 0 unspecified atom stereocenters. The lowest BCUT2D eigenvalue weighted by Gasteiger charge is -2.45. The van der Waals surface area contributed by atoms with Crippen molar-refractivity contribution in [3.63, 3.8) is 0 Å². The first kappa shape index (κ1) is 18.5. The zero-order valence-electron chi connectivity index (χ0n) is 15.9. The number of carbonyl (C=O) groups excluding carboxylic acids is 2. The first-order valence-electron chi connectivity index (χ1n) is 9.88. The SMILES string of the molecule is NC(=O)C1([NH+]2CCCCC2)CCN(C(=O)c2ccc(-n3cnnn3)cc2)CC1. The molecule has 148 valence electrons. The number of likely N-dealkylation sites (tertiary alicyclic amines) is 2. The highest BCUT2D eigenvalue weighted by Crippen LogP contribution is 2.22. The average molecular weight is 384 g/mol. The smallest absolute Gasteiger partial charge is 0.278 e. The molecule has 1 aromatic heterocycles. The molecule has 2 amide bonds. The molecule has 2 fully saturated rings. The van der Waals surface area contributed by atoms with Crippen LogP contribution in [0.25, 0.3) is 5.69 Å². The minimum Gasteiger partial charge on any atom is -0.364 e. The van der Waals surface area contributed by atoms with Gasteiger partial charge in [0, 0.05) is 31.5 Å². The Kier molecular flexibility index (Phi) is 5.08. The predicted octanol–water partition coefficient (Wildman–Crippen LogP) is -0.809. The van der Waals surface area contributed by atoms with Crippen molar-refractivity contribution in [2.24, 2.45) is 5.73 Å². The molecule has 2 aliphatic rings. The van der Waals surface area contributed by atoms with E-state index in [9.17, 15) is 9.59 Å². The molecule has 9 heteroatoms. The summed E-state index contributed by atoms with van der Waals surface area (Å²) in [5.41, 5.74) is 6.73. The van der Waals surface area contributed by atoms with Gasteiger partial charge in [-0.15, -0.1) is 5.10 Å². The number of piperidine rings is 2. The summed E-state index contributed by atoms with van der Waals surface area (Å²) >= 11 is 0. The van der Waals surface area contributed by atoms with Crippen molar-refractivity contribution in [2.45, 2.75) is 37.6 Å². The Labute approximate surface area is 163 Å². The molecular formula is C19H26N7O2+. The maximum absolute atomic E-state index is 12.9. The van der Waals surface area contributed by atoms with E-state index in [1.165, 1.54) is 22.3 Å². The van der Waals surface area contributed by atoms with Gasteiger partial charge in [-0.25, -0.2) is 4.68 Å². The van der Waals surface area contributed by atoms with Crippen LogP contribution in [0.3, 0.4) is 0 Å². The fraction of sp³-hybridized carbons (Fsp3) is 0.526. The van der Waals surface area contributed by atoms with Crippen LogP contribution < -0.4 is 10.6 Å². The lowest BCUT2D eigenvalue weighted by Crippen LogP contribution is -3.22. The number of tetrazole rings is 1. The van der Waals surface area contributed by atoms with E-state index in [-0.39, 0.29) is 11.8 Å². The number of quaternary nitrogens is 1. The van der Waals surface area contributed by atoms with Gasteiger partial charge >= 0.3 is 0 Å². The molecule has 2 saturated heterocycles. The van der Waals surface area contributed by atoms with Crippen molar-refractivity contribution >= 4 is 11.8 Å². The van der Waals surface area contributed by atoms with Gasteiger partial charge in [-0.1, -0.05) is 0 Å². The van der Waals surface area contributed by atoms with Crippen molar-refractivity contribution in [1.29, 1.82) is 0 Å². The van der Waals surface area contributed by atoms with Crippen LogP contribution in [-0.4, -0.2) is 68.6 Å². The standard InChI is InChI=1S/C19H25N7O2/c20-18(28)19(25-10-2-1-3-11-25)8-12-24(13-9-19)17(27)15-4-6-16(7-5-15)26-14-21-22-23-26/h4-7,14H,1-3,8-13H2,(H2,20,28)/p+1. The van der Waals surface area contributed by atoms with E-state index in [0.29, 0.717) is 31.5 Å². The number of rotatable bonds is 4. The zero-order valence-corrected chi connectivity index (χ0v) is 15.9. The Morgan fingerprint density at radius 3 is 2.29 bits per heavy atom. The third-order valence-corrected chi connectivity index (χ3v) is 6.24. The highest BCUT2D eigenvalue weighted by Gasteiger charge is 2.49. The summed E-state index contributed by atoms with van der Waals surface area (Å²) < 4.78 is 1.54. The highest BCUT2D eigenvalue weighted by atomic mass is 16.2. The number of carbonyl (C=O) groups is 2. The molecule has 28 heavy (non-hydrogen) atoms. The summed E-state index contributed by atoms with van der Waals surface area (Å²) in [5, 5.41) is 11.1. The van der Waals surface area contributed by atoms with E-state index in [1.807, 2.05) is 17.0 Å². The molecule has 0 saturated carbocycles. The number of nitrogens with two attached hydrogens (primary N) is 1. The molecule has 0 spiro atoms. The predicted molar refractivity (Wildman–Crippen MR) is 101 cm³/mol. The van der Waals surface area contributed by atoms with Crippen molar-refractivity contribution in [2.75, 3.05) is 26.2 Å². The maximum Gasteiger partial charge on any atom is 0.278 e. The molecule has 3 heterocycles. The Morgan fingerprint density at radius 1 is 1.04 bits per heavy atom. The normalized spacial score (nSPS) is 20.1. The lowest BCUT2D eigenvalue weighted by molar-refractivity contribution is -0.948. The van der Waals surface area contributed by atoms with Crippen LogP contribution in [0.4, 0.5) is 0 Å². The molecule has 0 bridgehead atoms. The van der Waals surface area contributed by atoms with Gasteiger partial charge in [-0.2, -0.15) is 0 Å². The first-order chi connectivity index (χ1) is 13.6. The molecule has 4 rings (SSSR count). The maximum atomic E-state index is 12.9. The van der Waals surface area contributed by atoms with Crippen LogP contribution in [0.1, 0.15) is 42.5 Å². The van der Waals surface area contributed by atoms with Crippen LogP contribution in [0.15, 0.2) is 30.6 Å². The summed E-state index contributed by atoms with van der Waals surface area (Å²) in [4.78, 5) is 28.4. The van der Waals surface area contributed by atoms with E-state index in [2.05, 4.69) is 15.5 Å². The molecule has 1 aromatic carbocycles. The Morgan fingerprint density at radius 2 is 1.71 bits per heavy atom. The molecular weight excluding hydrogens is 358 g/mol. The van der Waals surface area contributed by atoms with E-state index >= 15 is 0 Å². The number of hydrogen-bond donors (Lipinski definition) is 2. The fourth-order valence-electron chi connectivity index (χ4n) is 4.54. The topological polar surface area (TPSA) is 111 Å². The van der Waals surface area contributed by atoms with Gasteiger partial charge in [-0.3, -0.25) is 9.59 Å². The van der Waals surface area contributed by atoms with Crippen molar-refractivity contribution in [3.8, 4) is 5.69 Å². The Bertz CT molecular complexity index is 820. The second-order valence-corrected chi connectivity index (χ2v) is 7.70. The number of benzene rings is 1. The van der Waals surface area contributed by atoms with Gasteiger partial charge in [0.1, 0.15) is 6.33 Å². The molecule has 9 nitrogen and oxygen atoms in total. The van der Waals surface area contributed by atoms with Gasteiger partial charge < -0.3 is 15.5 Å². The van der Waals surface area contributed by atoms with E-state index in [0.717, 1.165) is 31.6 Å². The summed E-state index contributed by atoms with van der Waals surface area (Å²) in [7, 11) is 0. The molecule has 2 aromatic rings.